The van der Waals surface area contributed by atoms with Crippen molar-refractivity contribution in [2.24, 2.45) is 0 Å². The molecule has 1 heterocycles. The van der Waals surface area contributed by atoms with Crippen molar-refractivity contribution in [3.05, 3.63) is 77.9 Å². The second kappa shape index (κ2) is 12.3. The summed E-state index contributed by atoms with van der Waals surface area (Å²) in [4.78, 5) is 37.8. The van der Waals surface area contributed by atoms with Crippen molar-refractivity contribution in [2.75, 3.05) is 19.1 Å². The largest absolute Gasteiger partial charge is 0.493 e. The highest BCUT2D eigenvalue weighted by atomic mass is 16.5. The maximum Gasteiger partial charge on any atom is 0.279 e. The molecule has 3 aromatic rings. The van der Waals surface area contributed by atoms with Crippen LogP contribution in [0.4, 0.5) is 5.69 Å². The summed E-state index contributed by atoms with van der Waals surface area (Å²) in [6.45, 7) is 2.07. The third-order valence-electron chi connectivity index (χ3n) is 6.81. The molecule has 0 bridgehead atoms. The van der Waals surface area contributed by atoms with Gasteiger partial charge in [0.25, 0.3) is 5.91 Å². The molecule has 2 amide bonds. The lowest BCUT2D eigenvalue weighted by molar-refractivity contribution is -0.123. The quantitative estimate of drug-likeness (QED) is 0.448. The van der Waals surface area contributed by atoms with Crippen molar-refractivity contribution in [3.63, 3.8) is 0 Å². The zero-order valence-corrected chi connectivity index (χ0v) is 21.6. The number of methoxy groups -OCH3 is 2. The topological polar surface area (TPSA) is 93.7 Å². The number of amides is 2. The molecule has 0 spiro atoms. The lowest BCUT2D eigenvalue weighted by atomic mass is 9.94. The van der Waals surface area contributed by atoms with Crippen molar-refractivity contribution in [2.45, 2.75) is 57.5 Å². The van der Waals surface area contributed by atoms with E-state index < -0.39 is 11.9 Å². The average Bonchev–Trinajstić information content (AvgIpc) is 2.96. The van der Waals surface area contributed by atoms with Crippen molar-refractivity contribution < 1.29 is 19.1 Å². The molecule has 1 saturated carbocycles. The summed E-state index contributed by atoms with van der Waals surface area (Å²) >= 11 is 0. The standard InChI is InChI=1S/C29H34N4O4/c1-4-20-10-13-23(14-11-20)33(29(35)24-19-30-16-17-31-24)27(28(34)32-22-8-6-5-7-9-22)21-12-15-25(36-2)26(18-21)37-3/h10-19,22,27H,4-9H2,1-3H3,(H,32,34)/t27-/m0/s1. The third-order valence-corrected chi connectivity index (χ3v) is 6.81. The van der Waals surface area contributed by atoms with Gasteiger partial charge in [0.15, 0.2) is 11.5 Å². The highest BCUT2D eigenvalue weighted by Gasteiger charge is 2.35. The molecule has 4 rings (SSSR count). The highest BCUT2D eigenvalue weighted by molar-refractivity contribution is 6.09. The van der Waals surface area contributed by atoms with Gasteiger partial charge in [-0.1, -0.05) is 44.4 Å². The number of carbonyl (C=O) groups is 2. The Morgan fingerprint density at radius 2 is 1.73 bits per heavy atom. The fraction of sp³-hybridized carbons (Fsp3) is 0.379. The van der Waals surface area contributed by atoms with E-state index in [1.165, 1.54) is 29.9 Å². The van der Waals surface area contributed by atoms with Gasteiger partial charge in [0, 0.05) is 24.1 Å². The maximum atomic E-state index is 14.0. The number of nitrogens with zero attached hydrogens (tertiary/aromatic N) is 3. The zero-order chi connectivity index (χ0) is 26.2. The second-order valence-electron chi connectivity index (χ2n) is 9.15. The van der Waals surface area contributed by atoms with Gasteiger partial charge in [0.1, 0.15) is 11.7 Å². The van der Waals surface area contributed by atoms with E-state index in [4.69, 9.17) is 9.47 Å². The van der Waals surface area contributed by atoms with Gasteiger partial charge in [-0.2, -0.15) is 0 Å². The predicted molar refractivity (Wildman–Crippen MR) is 142 cm³/mol. The van der Waals surface area contributed by atoms with Crippen molar-refractivity contribution in [1.29, 1.82) is 0 Å². The molecule has 8 heteroatoms. The zero-order valence-electron chi connectivity index (χ0n) is 21.6. The number of ether oxygens (including phenoxy) is 2. The highest BCUT2D eigenvalue weighted by Crippen LogP contribution is 2.35. The van der Waals surface area contributed by atoms with Crippen LogP contribution in [-0.4, -0.2) is 42.0 Å². The summed E-state index contributed by atoms with van der Waals surface area (Å²) in [7, 11) is 3.11. The first kappa shape index (κ1) is 26.1. The lowest BCUT2D eigenvalue weighted by Crippen LogP contribution is -2.47. The van der Waals surface area contributed by atoms with E-state index in [-0.39, 0.29) is 17.6 Å². The van der Waals surface area contributed by atoms with Crippen LogP contribution in [0.3, 0.4) is 0 Å². The number of rotatable bonds is 9. The third kappa shape index (κ3) is 6.07. The van der Waals surface area contributed by atoms with Crippen LogP contribution >= 0.6 is 0 Å². The normalized spacial score (nSPS) is 14.5. The molecular weight excluding hydrogens is 468 g/mol. The van der Waals surface area contributed by atoms with E-state index in [2.05, 4.69) is 22.2 Å². The van der Waals surface area contributed by atoms with E-state index in [1.54, 1.807) is 32.4 Å². The number of aryl methyl sites for hydroxylation is 1. The molecule has 1 atom stereocenters. The van der Waals surface area contributed by atoms with E-state index in [0.717, 1.165) is 37.7 Å². The van der Waals surface area contributed by atoms with E-state index >= 15 is 0 Å². The fourth-order valence-electron chi connectivity index (χ4n) is 4.78. The van der Waals surface area contributed by atoms with E-state index in [0.29, 0.717) is 22.7 Å². The molecule has 37 heavy (non-hydrogen) atoms. The minimum atomic E-state index is -0.969. The van der Waals surface area contributed by atoms with E-state index in [9.17, 15) is 9.59 Å². The number of hydrogen-bond donors (Lipinski definition) is 1. The van der Waals surface area contributed by atoms with Gasteiger partial charge < -0.3 is 14.8 Å². The van der Waals surface area contributed by atoms with Crippen molar-refractivity contribution >= 4 is 17.5 Å². The first-order valence-corrected chi connectivity index (χ1v) is 12.8. The number of nitrogens with one attached hydrogen (secondary N) is 1. The van der Waals surface area contributed by atoms with Crippen LogP contribution in [0.2, 0.25) is 0 Å². The van der Waals surface area contributed by atoms with Gasteiger partial charge in [-0.25, -0.2) is 4.98 Å². The van der Waals surface area contributed by atoms with Crippen molar-refractivity contribution in [3.8, 4) is 11.5 Å². The molecule has 1 fully saturated rings. The second-order valence-corrected chi connectivity index (χ2v) is 9.15. The first-order chi connectivity index (χ1) is 18.0. The summed E-state index contributed by atoms with van der Waals surface area (Å²) in [5.41, 5.74) is 2.47. The minimum Gasteiger partial charge on any atom is -0.493 e. The molecule has 1 aromatic heterocycles. The summed E-state index contributed by atoms with van der Waals surface area (Å²) in [5.74, 6) is 0.340. The van der Waals surface area contributed by atoms with Gasteiger partial charge >= 0.3 is 0 Å². The van der Waals surface area contributed by atoms with Crippen LogP contribution in [0.5, 0.6) is 11.5 Å². The van der Waals surface area contributed by atoms with Gasteiger partial charge in [-0.15, -0.1) is 0 Å². The average molecular weight is 503 g/mol. The molecule has 1 aliphatic rings. The SMILES string of the molecule is CCc1ccc(N(C(=O)c2cnccn2)[C@H](C(=O)NC2CCCCC2)c2ccc(OC)c(OC)c2)cc1. The Hall–Kier alpha value is -3.94. The van der Waals surface area contributed by atoms with Gasteiger partial charge in [0.2, 0.25) is 5.91 Å². The van der Waals surface area contributed by atoms with Crippen LogP contribution in [-0.2, 0) is 11.2 Å². The van der Waals surface area contributed by atoms with E-state index in [1.807, 2.05) is 24.3 Å². The molecule has 2 aromatic carbocycles. The Bertz CT molecular complexity index is 1190. The summed E-state index contributed by atoms with van der Waals surface area (Å²) in [6, 6.07) is 12.1. The Morgan fingerprint density at radius 1 is 1.00 bits per heavy atom. The first-order valence-electron chi connectivity index (χ1n) is 12.8. The molecule has 0 radical (unpaired) electrons. The molecule has 8 nitrogen and oxygen atoms in total. The Labute approximate surface area is 218 Å². The van der Waals surface area contributed by atoms with Gasteiger partial charge in [-0.05, 0) is 54.7 Å². The number of aromatic nitrogens is 2. The van der Waals surface area contributed by atoms with Crippen LogP contribution in [0, 0.1) is 0 Å². The van der Waals surface area contributed by atoms with Crippen LogP contribution in [0.15, 0.2) is 61.1 Å². The van der Waals surface area contributed by atoms with Gasteiger partial charge in [0.05, 0.1) is 20.4 Å². The molecule has 194 valence electrons. The van der Waals surface area contributed by atoms with Crippen LogP contribution in [0.25, 0.3) is 0 Å². The summed E-state index contributed by atoms with van der Waals surface area (Å²) in [5, 5.41) is 3.22. The molecule has 0 aliphatic heterocycles. The number of hydrogen-bond acceptors (Lipinski definition) is 6. The summed E-state index contributed by atoms with van der Waals surface area (Å²) < 4.78 is 11.0. The molecule has 0 unspecified atom stereocenters. The monoisotopic (exact) mass is 502 g/mol. The molecule has 1 N–H and O–H groups in total. The molecule has 1 aliphatic carbocycles. The van der Waals surface area contributed by atoms with Crippen LogP contribution in [0.1, 0.15) is 66.7 Å². The minimum absolute atomic E-state index is 0.0693. The predicted octanol–water partition coefficient (Wildman–Crippen LogP) is 4.89. The molecule has 0 saturated heterocycles. The number of anilines is 1. The van der Waals surface area contributed by atoms with Gasteiger partial charge in [-0.3, -0.25) is 19.5 Å². The van der Waals surface area contributed by atoms with Crippen molar-refractivity contribution in [1.82, 2.24) is 15.3 Å². The van der Waals surface area contributed by atoms with Crippen LogP contribution < -0.4 is 19.7 Å². The Morgan fingerprint density at radius 3 is 2.35 bits per heavy atom. The Balaban J connectivity index is 1.84. The Kier molecular flexibility index (Phi) is 8.72. The number of carbonyl (C=O) groups excluding carboxylic acids is 2. The smallest absolute Gasteiger partial charge is 0.279 e. The lowest BCUT2D eigenvalue weighted by Gasteiger charge is -2.33. The fourth-order valence-corrected chi connectivity index (χ4v) is 4.78. The molecular formula is C29H34N4O4. The summed E-state index contributed by atoms with van der Waals surface area (Å²) in [6.07, 6.45) is 10.4. The maximum absolute atomic E-state index is 14.0. The number of benzene rings is 2.